The Morgan fingerprint density at radius 2 is 1.51 bits per heavy atom. The summed E-state index contributed by atoms with van der Waals surface area (Å²) in [6.07, 6.45) is 13.9. The first kappa shape index (κ1) is 31.7. The third kappa shape index (κ3) is 17.7. The first-order valence-corrected chi connectivity index (χ1v) is 14.5. The molecular weight excluding hydrogens is 472 g/mol. The first-order valence-electron chi connectivity index (χ1n) is 13.0. The standard InChI is InChI=1S/C26H43FNO6P/c1-2-3-4-5-6-7-8-9-10-11-12-13-14-19-32-20-18-26(34-35(29,30)31)33-25(22-28)23-16-15-17-24(27)21-23/h15-17,21,25-26H,2-14,18-20H2,1H3,(H2,29,30,31). The highest BCUT2D eigenvalue weighted by molar-refractivity contribution is 7.46. The summed E-state index contributed by atoms with van der Waals surface area (Å²) in [6.45, 7) is 2.93. The molecule has 0 spiro atoms. The van der Waals surface area contributed by atoms with E-state index < -0.39 is 26.0 Å². The van der Waals surface area contributed by atoms with E-state index in [-0.39, 0.29) is 18.6 Å². The van der Waals surface area contributed by atoms with E-state index in [1.54, 1.807) is 0 Å². The van der Waals surface area contributed by atoms with Crippen molar-refractivity contribution < 1.29 is 32.7 Å². The highest BCUT2D eigenvalue weighted by Gasteiger charge is 2.26. The van der Waals surface area contributed by atoms with Crippen LogP contribution in [-0.2, 0) is 18.6 Å². The molecule has 200 valence electrons. The molecule has 2 atom stereocenters. The van der Waals surface area contributed by atoms with E-state index >= 15 is 0 Å². The van der Waals surface area contributed by atoms with Crippen LogP contribution in [0.25, 0.3) is 0 Å². The zero-order chi connectivity index (χ0) is 25.8. The lowest BCUT2D eigenvalue weighted by molar-refractivity contribution is -0.126. The molecule has 0 aliphatic carbocycles. The lowest BCUT2D eigenvalue weighted by Gasteiger charge is -2.21. The molecule has 0 bridgehead atoms. The van der Waals surface area contributed by atoms with Gasteiger partial charge < -0.3 is 19.3 Å². The van der Waals surface area contributed by atoms with Gasteiger partial charge in [0.2, 0.25) is 0 Å². The molecule has 0 fully saturated rings. The first-order chi connectivity index (χ1) is 16.9. The second-order valence-corrected chi connectivity index (χ2v) is 10.1. The molecule has 0 aliphatic rings. The summed E-state index contributed by atoms with van der Waals surface area (Å²) in [4.78, 5) is 18.3. The van der Waals surface area contributed by atoms with Gasteiger partial charge in [-0.25, -0.2) is 8.96 Å². The van der Waals surface area contributed by atoms with Crippen molar-refractivity contribution in [2.75, 3.05) is 13.2 Å². The fourth-order valence-electron chi connectivity index (χ4n) is 3.81. The molecule has 1 rings (SSSR count). The Balaban J connectivity index is 2.16. The minimum absolute atomic E-state index is 0.0249. The minimum Gasteiger partial charge on any atom is -0.381 e. The third-order valence-electron chi connectivity index (χ3n) is 5.70. The normalized spacial score (nSPS) is 13.5. The van der Waals surface area contributed by atoms with Gasteiger partial charge >= 0.3 is 7.82 Å². The zero-order valence-corrected chi connectivity index (χ0v) is 22.0. The van der Waals surface area contributed by atoms with Gasteiger partial charge in [0.25, 0.3) is 0 Å². The minimum atomic E-state index is -4.84. The van der Waals surface area contributed by atoms with Crippen LogP contribution in [0.2, 0.25) is 0 Å². The molecule has 1 aromatic carbocycles. The van der Waals surface area contributed by atoms with Crippen LogP contribution >= 0.6 is 7.82 Å². The van der Waals surface area contributed by atoms with Crippen LogP contribution in [0.1, 0.15) is 108 Å². The van der Waals surface area contributed by atoms with Crippen LogP contribution < -0.4 is 0 Å². The van der Waals surface area contributed by atoms with Gasteiger partial charge in [0.1, 0.15) is 5.82 Å². The number of phosphoric acid groups is 1. The Hall–Kier alpha value is -1.33. The summed E-state index contributed by atoms with van der Waals surface area (Å²) in [5, 5.41) is 9.35. The van der Waals surface area contributed by atoms with Crippen LogP contribution in [0.4, 0.5) is 4.39 Å². The van der Waals surface area contributed by atoms with E-state index in [2.05, 4.69) is 11.4 Å². The van der Waals surface area contributed by atoms with Gasteiger partial charge in [0.05, 0.1) is 12.7 Å². The Morgan fingerprint density at radius 1 is 0.943 bits per heavy atom. The molecule has 0 saturated carbocycles. The maximum atomic E-state index is 13.4. The second kappa shape index (κ2) is 19.8. The van der Waals surface area contributed by atoms with E-state index in [4.69, 9.17) is 19.3 Å². The molecule has 0 heterocycles. The number of nitriles is 1. The van der Waals surface area contributed by atoms with Gasteiger partial charge in [-0.3, -0.25) is 4.52 Å². The average Bonchev–Trinajstić information content (AvgIpc) is 2.81. The number of hydrogen-bond acceptors (Lipinski definition) is 5. The maximum absolute atomic E-state index is 13.4. The molecule has 1 aromatic rings. The Labute approximate surface area is 210 Å². The van der Waals surface area contributed by atoms with Crippen molar-refractivity contribution >= 4 is 7.82 Å². The fraction of sp³-hybridized carbons (Fsp3) is 0.731. The molecule has 9 heteroatoms. The largest absolute Gasteiger partial charge is 0.471 e. The molecule has 35 heavy (non-hydrogen) atoms. The summed E-state index contributed by atoms with van der Waals surface area (Å²) in [7, 11) is -4.84. The summed E-state index contributed by atoms with van der Waals surface area (Å²) >= 11 is 0. The van der Waals surface area contributed by atoms with Gasteiger partial charge in [-0.1, -0.05) is 96.1 Å². The van der Waals surface area contributed by atoms with Gasteiger partial charge in [-0.2, -0.15) is 5.26 Å². The van der Waals surface area contributed by atoms with E-state index in [9.17, 15) is 14.2 Å². The van der Waals surface area contributed by atoms with Crippen molar-refractivity contribution in [2.45, 2.75) is 109 Å². The van der Waals surface area contributed by atoms with Gasteiger partial charge in [-0.05, 0) is 24.1 Å². The van der Waals surface area contributed by atoms with Crippen molar-refractivity contribution in [1.82, 2.24) is 0 Å². The van der Waals surface area contributed by atoms with Gasteiger partial charge in [0, 0.05) is 13.0 Å². The van der Waals surface area contributed by atoms with Crippen LogP contribution in [-0.4, -0.2) is 29.3 Å². The number of ether oxygens (including phenoxy) is 2. The predicted octanol–water partition coefficient (Wildman–Crippen LogP) is 7.34. The number of halogens is 1. The second-order valence-electron chi connectivity index (χ2n) is 8.87. The average molecular weight is 516 g/mol. The summed E-state index contributed by atoms with van der Waals surface area (Å²) in [5.74, 6) is -0.542. The smallest absolute Gasteiger partial charge is 0.381 e. The monoisotopic (exact) mass is 515 g/mol. The van der Waals surface area contributed by atoms with E-state index in [1.807, 2.05) is 6.07 Å². The zero-order valence-electron chi connectivity index (χ0n) is 21.1. The number of phosphoric ester groups is 1. The van der Waals surface area contributed by atoms with Crippen LogP contribution in [0, 0.1) is 17.1 Å². The third-order valence-corrected chi connectivity index (χ3v) is 6.21. The molecule has 7 nitrogen and oxygen atoms in total. The highest BCUT2D eigenvalue weighted by atomic mass is 31.2. The van der Waals surface area contributed by atoms with Gasteiger partial charge in [-0.15, -0.1) is 0 Å². The van der Waals surface area contributed by atoms with Gasteiger partial charge in [0.15, 0.2) is 12.4 Å². The van der Waals surface area contributed by atoms with Crippen molar-refractivity contribution in [3.05, 3.63) is 35.6 Å². The van der Waals surface area contributed by atoms with Crippen LogP contribution in [0.5, 0.6) is 0 Å². The predicted molar refractivity (Wildman–Crippen MR) is 134 cm³/mol. The SMILES string of the molecule is CCCCCCCCCCCCCCCOCCC(OC(C#N)c1cccc(F)c1)OP(=O)(O)O. The summed E-state index contributed by atoms with van der Waals surface area (Å²) in [5.41, 5.74) is 0.236. The number of rotatable bonds is 22. The highest BCUT2D eigenvalue weighted by Crippen LogP contribution is 2.39. The number of nitrogens with zero attached hydrogens (tertiary/aromatic N) is 1. The summed E-state index contributed by atoms with van der Waals surface area (Å²) < 4.78 is 40.4. The number of unbranched alkanes of at least 4 members (excludes halogenated alkanes) is 12. The molecule has 0 aliphatic heterocycles. The van der Waals surface area contributed by atoms with E-state index in [0.717, 1.165) is 18.9 Å². The maximum Gasteiger partial charge on any atom is 0.471 e. The van der Waals surface area contributed by atoms with Crippen LogP contribution in [0.15, 0.2) is 24.3 Å². The van der Waals surface area contributed by atoms with Crippen molar-refractivity contribution in [3.8, 4) is 6.07 Å². The number of hydrogen-bond donors (Lipinski definition) is 2. The molecule has 0 aromatic heterocycles. The Kier molecular flexibility index (Phi) is 17.9. The quantitative estimate of drug-likeness (QED) is 0.0944. The van der Waals surface area contributed by atoms with E-state index in [0.29, 0.717) is 6.61 Å². The Bertz CT molecular complexity index is 754. The molecule has 0 saturated heterocycles. The molecule has 0 amide bonds. The number of benzene rings is 1. The fourth-order valence-corrected chi connectivity index (χ4v) is 4.27. The van der Waals surface area contributed by atoms with Crippen molar-refractivity contribution in [3.63, 3.8) is 0 Å². The van der Waals surface area contributed by atoms with Crippen molar-refractivity contribution in [1.29, 1.82) is 5.26 Å². The lowest BCUT2D eigenvalue weighted by atomic mass is 10.0. The molecule has 2 N–H and O–H groups in total. The Morgan fingerprint density at radius 3 is 2.03 bits per heavy atom. The summed E-state index contributed by atoms with van der Waals surface area (Å²) in [6, 6.07) is 7.14. The molecule has 0 radical (unpaired) electrons. The molecule has 2 unspecified atom stereocenters. The van der Waals surface area contributed by atoms with Crippen LogP contribution in [0.3, 0.4) is 0 Å². The lowest BCUT2D eigenvalue weighted by Crippen LogP contribution is -2.21. The van der Waals surface area contributed by atoms with Crippen molar-refractivity contribution in [2.24, 2.45) is 0 Å². The van der Waals surface area contributed by atoms with E-state index in [1.165, 1.54) is 88.8 Å². The molecular formula is C26H43FNO6P. The topological polar surface area (TPSA) is 109 Å².